The molecule has 0 bridgehead atoms. The van der Waals surface area contributed by atoms with Crippen LogP contribution in [0, 0.1) is 0 Å². The Kier molecular flexibility index (Phi) is 4.74. The second-order valence-electron chi connectivity index (χ2n) is 5.96. The zero-order valence-corrected chi connectivity index (χ0v) is 15.4. The number of carbonyl (C=O) groups is 1. The van der Waals surface area contributed by atoms with Gasteiger partial charge < -0.3 is 10.2 Å². The van der Waals surface area contributed by atoms with E-state index in [1.54, 1.807) is 28.3 Å². The fourth-order valence-electron chi connectivity index (χ4n) is 2.72. The molecule has 2 aromatic heterocycles. The van der Waals surface area contributed by atoms with Crippen molar-refractivity contribution in [3.63, 3.8) is 0 Å². The van der Waals surface area contributed by atoms with Crippen molar-refractivity contribution < 1.29 is 15.0 Å². The maximum Gasteiger partial charge on any atom is 0.339 e. The Morgan fingerprint density at radius 3 is 2.61 bits per heavy atom. The second kappa shape index (κ2) is 7.50. The monoisotopic (exact) mass is 389 g/mol. The maximum atomic E-state index is 11.0. The van der Waals surface area contributed by atoms with Crippen LogP contribution in [0.5, 0.6) is 5.75 Å². The van der Waals surface area contributed by atoms with Crippen LogP contribution in [0.4, 0.5) is 5.69 Å². The van der Waals surface area contributed by atoms with Gasteiger partial charge in [0.25, 0.3) is 0 Å². The number of thiophene rings is 1. The molecule has 2 aromatic carbocycles. The van der Waals surface area contributed by atoms with Crippen LogP contribution in [-0.2, 0) is 0 Å². The molecule has 2 N–H and O–H groups in total. The molecule has 0 radical (unpaired) electrons. The Labute approximate surface area is 164 Å². The van der Waals surface area contributed by atoms with E-state index < -0.39 is 5.97 Å². The summed E-state index contributed by atoms with van der Waals surface area (Å²) in [6.07, 6.45) is 3.55. The summed E-state index contributed by atoms with van der Waals surface area (Å²) in [5.41, 5.74) is 2.84. The first-order valence-electron chi connectivity index (χ1n) is 8.41. The number of carboxylic acids is 1. The summed E-state index contributed by atoms with van der Waals surface area (Å²) >= 11 is 1.59. The van der Waals surface area contributed by atoms with Gasteiger partial charge in [0, 0.05) is 24.0 Å². The quantitative estimate of drug-likeness (QED) is 0.482. The minimum absolute atomic E-state index is 0.157. The molecule has 0 saturated heterocycles. The highest BCUT2D eigenvalue weighted by Crippen LogP contribution is 2.28. The lowest BCUT2D eigenvalue weighted by Crippen LogP contribution is -1.95. The summed E-state index contributed by atoms with van der Waals surface area (Å²) in [5, 5.41) is 25.5. The van der Waals surface area contributed by atoms with Gasteiger partial charge in [-0.1, -0.05) is 24.3 Å². The molecule has 28 heavy (non-hydrogen) atoms. The number of aromatic carboxylic acids is 1. The van der Waals surface area contributed by atoms with Crippen LogP contribution in [0.3, 0.4) is 0 Å². The third-order valence-electron chi connectivity index (χ3n) is 4.08. The topological polar surface area (TPSA) is 87.7 Å². The summed E-state index contributed by atoms with van der Waals surface area (Å²) in [7, 11) is 0. The van der Waals surface area contributed by atoms with E-state index in [4.69, 9.17) is 10.2 Å². The van der Waals surface area contributed by atoms with Gasteiger partial charge in [-0.25, -0.2) is 9.48 Å². The Morgan fingerprint density at radius 1 is 1.11 bits per heavy atom. The van der Waals surface area contributed by atoms with Gasteiger partial charge in [0.1, 0.15) is 17.0 Å². The highest BCUT2D eigenvalue weighted by molar-refractivity contribution is 7.13. The van der Waals surface area contributed by atoms with Crippen molar-refractivity contribution in [3.05, 3.63) is 83.4 Å². The van der Waals surface area contributed by atoms with E-state index >= 15 is 0 Å². The lowest BCUT2D eigenvalue weighted by Gasteiger charge is -2.00. The average Bonchev–Trinajstić information content (AvgIpc) is 3.36. The van der Waals surface area contributed by atoms with Gasteiger partial charge in [-0.2, -0.15) is 5.10 Å². The normalized spacial score (nSPS) is 11.1. The highest BCUT2D eigenvalue weighted by Gasteiger charge is 2.13. The molecular formula is C21H15N3O3S. The van der Waals surface area contributed by atoms with E-state index in [1.807, 2.05) is 54.0 Å². The van der Waals surface area contributed by atoms with Crippen LogP contribution in [0.25, 0.3) is 16.3 Å². The molecule has 0 atom stereocenters. The first kappa shape index (κ1) is 17.7. The standard InChI is InChI=1S/C21H15N3O3S/c25-18-11-15(8-9-17(18)21(26)27)22-12-14-13-24(16-5-2-1-3-6-16)23-20(14)19-7-4-10-28-19/h1-13,25H,(H,26,27). The number of hydrogen-bond donors (Lipinski definition) is 2. The van der Waals surface area contributed by atoms with Gasteiger partial charge in [-0.3, -0.25) is 4.99 Å². The summed E-state index contributed by atoms with van der Waals surface area (Å²) in [6.45, 7) is 0. The third-order valence-corrected chi connectivity index (χ3v) is 4.96. The number of aromatic nitrogens is 2. The van der Waals surface area contributed by atoms with Crippen molar-refractivity contribution in [3.8, 4) is 22.0 Å². The molecule has 0 aliphatic heterocycles. The van der Waals surface area contributed by atoms with E-state index in [9.17, 15) is 9.90 Å². The fourth-order valence-corrected chi connectivity index (χ4v) is 3.46. The smallest absolute Gasteiger partial charge is 0.339 e. The molecule has 0 aliphatic rings. The van der Waals surface area contributed by atoms with Crippen LogP contribution in [0.2, 0.25) is 0 Å². The predicted molar refractivity (Wildman–Crippen MR) is 109 cm³/mol. The first-order chi connectivity index (χ1) is 13.6. The van der Waals surface area contributed by atoms with Gasteiger partial charge in [-0.15, -0.1) is 11.3 Å². The largest absolute Gasteiger partial charge is 0.507 e. The number of aromatic hydroxyl groups is 1. The Balaban J connectivity index is 1.72. The summed E-state index contributed by atoms with van der Waals surface area (Å²) < 4.78 is 1.79. The Morgan fingerprint density at radius 2 is 1.93 bits per heavy atom. The van der Waals surface area contributed by atoms with Gasteiger partial charge in [0.15, 0.2) is 0 Å². The lowest BCUT2D eigenvalue weighted by atomic mass is 10.2. The van der Waals surface area contributed by atoms with E-state index in [1.165, 1.54) is 12.1 Å². The van der Waals surface area contributed by atoms with Crippen LogP contribution in [-0.4, -0.2) is 32.2 Å². The van der Waals surface area contributed by atoms with E-state index in [2.05, 4.69) is 4.99 Å². The minimum atomic E-state index is -1.18. The Hall–Kier alpha value is -3.71. The number of nitrogens with zero attached hydrogens (tertiary/aromatic N) is 3. The van der Waals surface area contributed by atoms with Gasteiger partial charge >= 0.3 is 5.97 Å². The molecule has 2 heterocycles. The number of phenols is 1. The first-order valence-corrected chi connectivity index (χ1v) is 9.29. The number of benzene rings is 2. The molecule has 0 unspecified atom stereocenters. The zero-order chi connectivity index (χ0) is 19.5. The number of rotatable bonds is 5. The van der Waals surface area contributed by atoms with Crippen molar-refractivity contribution in [1.82, 2.24) is 9.78 Å². The van der Waals surface area contributed by atoms with Crippen molar-refractivity contribution >= 4 is 29.2 Å². The van der Waals surface area contributed by atoms with E-state index in [0.717, 1.165) is 21.8 Å². The molecule has 0 amide bonds. The fraction of sp³-hybridized carbons (Fsp3) is 0. The molecule has 7 heteroatoms. The van der Waals surface area contributed by atoms with Crippen LogP contribution in [0.15, 0.2) is 77.2 Å². The number of hydrogen-bond acceptors (Lipinski definition) is 5. The van der Waals surface area contributed by atoms with Gasteiger partial charge in [0.05, 0.1) is 16.3 Å². The van der Waals surface area contributed by atoms with Crippen molar-refractivity contribution in [1.29, 1.82) is 0 Å². The number of carboxylic acid groups (broad SMARTS) is 1. The van der Waals surface area contributed by atoms with Crippen molar-refractivity contribution in [2.45, 2.75) is 0 Å². The Bertz CT molecular complexity index is 1150. The zero-order valence-electron chi connectivity index (χ0n) is 14.6. The molecule has 0 aliphatic carbocycles. The van der Waals surface area contributed by atoms with Crippen molar-refractivity contribution in [2.24, 2.45) is 4.99 Å². The average molecular weight is 389 g/mol. The van der Waals surface area contributed by atoms with Crippen LogP contribution in [0.1, 0.15) is 15.9 Å². The van der Waals surface area contributed by atoms with E-state index in [-0.39, 0.29) is 11.3 Å². The predicted octanol–water partition coefficient (Wildman–Crippen LogP) is 4.76. The second-order valence-corrected chi connectivity index (χ2v) is 6.90. The number of para-hydroxylation sites is 1. The van der Waals surface area contributed by atoms with Crippen LogP contribution < -0.4 is 0 Å². The lowest BCUT2D eigenvalue weighted by molar-refractivity contribution is 0.0694. The SMILES string of the molecule is O=C(O)c1ccc(N=Cc2cn(-c3ccccc3)nc2-c2cccs2)cc1O. The molecule has 0 spiro atoms. The summed E-state index contributed by atoms with van der Waals surface area (Å²) in [5.74, 6) is -1.50. The molecule has 4 rings (SSSR count). The van der Waals surface area contributed by atoms with E-state index in [0.29, 0.717) is 5.69 Å². The molecule has 4 aromatic rings. The maximum absolute atomic E-state index is 11.0. The summed E-state index contributed by atoms with van der Waals surface area (Å²) in [6, 6.07) is 17.9. The molecule has 0 fully saturated rings. The number of aliphatic imine (C=N–C) groups is 1. The summed E-state index contributed by atoms with van der Waals surface area (Å²) in [4.78, 5) is 16.4. The molecule has 138 valence electrons. The van der Waals surface area contributed by atoms with Crippen molar-refractivity contribution in [2.75, 3.05) is 0 Å². The van der Waals surface area contributed by atoms with Crippen LogP contribution >= 0.6 is 11.3 Å². The minimum Gasteiger partial charge on any atom is -0.507 e. The van der Waals surface area contributed by atoms with Gasteiger partial charge in [0.2, 0.25) is 0 Å². The molecule has 0 saturated carbocycles. The highest BCUT2D eigenvalue weighted by atomic mass is 32.1. The van der Waals surface area contributed by atoms with Gasteiger partial charge in [-0.05, 0) is 35.7 Å². The third kappa shape index (κ3) is 3.56. The molecular weight excluding hydrogens is 374 g/mol. The molecule has 6 nitrogen and oxygen atoms in total.